The summed E-state index contributed by atoms with van der Waals surface area (Å²) in [6.07, 6.45) is 0. The van der Waals surface area contributed by atoms with E-state index >= 15 is 0 Å². The van der Waals surface area contributed by atoms with E-state index in [1.165, 1.54) is 0 Å². The van der Waals surface area contributed by atoms with Gasteiger partial charge >= 0.3 is 0 Å². The SMILES string of the molecule is CCOCC(C)(N)c1cscc1Br. The molecule has 1 aromatic heterocycles. The van der Waals surface area contributed by atoms with Crippen LogP contribution < -0.4 is 5.73 Å². The molecule has 1 atom stereocenters. The van der Waals surface area contributed by atoms with Gasteiger partial charge in [-0.05, 0) is 40.7 Å². The summed E-state index contributed by atoms with van der Waals surface area (Å²) >= 11 is 5.11. The Morgan fingerprint density at radius 2 is 2.31 bits per heavy atom. The molecule has 0 bridgehead atoms. The van der Waals surface area contributed by atoms with Gasteiger partial charge in [-0.15, -0.1) is 0 Å². The Morgan fingerprint density at radius 3 is 2.77 bits per heavy atom. The normalized spacial score (nSPS) is 15.7. The number of nitrogens with two attached hydrogens (primary N) is 1. The maximum atomic E-state index is 6.12. The minimum atomic E-state index is -0.394. The van der Waals surface area contributed by atoms with E-state index in [1.54, 1.807) is 11.3 Å². The van der Waals surface area contributed by atoms with E-state index in [0.717, 1.165) is 10.0 Å². The lowest BCUT2D eigenvalue weighted by Gasteiger charge is -2.24. The molecule has 2 N–H and O–H groups in total. The van der Waals surface area contributed by atoms with Crippen LogP contribution in [0.15, 0.2) is 15.2 Å². The highest BCUT2D eigenvalue weighted by Gasteiger charge is 2.24. The van der Waals surface area contributed by atoms with Gasteiger partial charge in [-0.1, -0.05) is 0 Å². The van der Waals surface area contributed by atoms with Crippen molar-refractivity contribution < 1.29 is 4.74 Å². The third kappa shape index (κ3) is 2.77. The second kappa shape index (κ2) is 4.55. The van der Waals surface area contributed by atoms with Crippen LogP contribution in [0.25, 0.3) is 0 Å². The van der Waals surface area contributed by atoms with Crippen molar-refractivity contribution in [1.82, 2.24) is 0 Å². The summed E-state index contributed by atoms with van der Waals surface area (Å²) in [5.41, 5.74) is 6.84. The van der Waals surface area contributed by atoms with E-state index in [1.807, 2.05) is 19.2 Å². The number of hydrogen-bond acceptors (Lipinski definition) is 3. The van der Waals surface area contributed by atoms with Crippen molar-refractivity contribution in [1.29, 1.82) is 0 Å². The zero-order chi connectivity index (χ0) is 9.90. The molecule has 0 saturated carbocycles. The molecule has 1 rings (SSSR count). The summed E-state index contributed by atoms with van der Waals surface area (Å²) < 4.78 is 6.41. The summed E-state index contributed by atoms with van der Waals surface area (Å²) in [6.45, 7) is 5.21. The largest absolute Gasteiger partial charge is 0.379 e. The van der Waals surface area contributed by atoms with Crippen LogP contribution in [0, 0.1) is 0 Å². The van der Waals surface area contributed by atoms with Gasteiger partial charge in [0.2, 0.25) is 0 Å². The van der Waals surface area contributed by atoms with E-state index in [4.69, 9.17) is 10.5 Å². The van der Waals surface area contributed by atoms with Crippen molar-refractivity contribution in [3.63, 3.8) is 0 Å². The molecule has 0 aliphatic rings. The minimum absolute atomic E-state index is 0.394. The number of hydrogen-bond donors (Lipinski definition) is 1. The van der Waals surface area contributed by atoms with Crippen molar-refractivity contribution >= 4 is 27.3 Å². The Kier molecular flexibility index (Phi) is 3.91. The third-order valence-corrected chi connectivity index (χ3v) is 3.54. The van der Waals surface area contributed by atoms with Gasteiger partial charge in [0, 0.05) is 16.5 Å². The molecule has 0 amide bonds. The molecule has 0 aliphatic heterocycles. The predicted molar refractivity (Wildman–Crippen MR) is 60.1 cm³/mol. The summed E-state index contributed by atoms with van der Waals surface area (Å²) in [7, 11) is 0. The first-order valence-electron chi connectivity index (χ1n) is 4.16. The maximum Gasteiger partial charge on any atom is 0.0685 e. The number of thiophene rings is 1. The van der Waals surface area contributed by atoms with Crippen LogP contribution in [0.4, 0.5) is 0 Å². The topological polar surface area (TPSA) is 35.2 Å². The van der Waals surface area contributed by atoms with E-state index < -0.39 is 5.54 Å². The fourth-order valence-electron chi connectivity index (χ4n) is 1.08. The molecule has 1 aromatic rings. The van der Waals surface area contributed by atoms with Gasteiger partial charge < -0.3 is 10.5 Å². The summed E-state index contributed by atoms with van der Waals surface area (Å²) in [6, 6.07) is 0. The Bertz CT molecular complexity index is 272. The molecule has 0 aromatic carbocycles. The Hall–Kier alpha value is 0.100. The van der Waals surface area contributed by atoms with Gasteiger partial charge in [-0.2, -0.15) is 11.3 Å². The van der Waals surface area contributed by atoms with Gasteiger partial charge in [0.1, 0.15) is 0 Å². The van der Waals surface area contributed by atoms with E-state index in [9.17, 15) is 0 Å². The first kappa shape index (κ1) is 11.2. The van der Waals surface area contributed by atoms with E-state index in [-0.39, 0.29) is 0 Å². The van der Waals surface area contributed by atoms with Crippen molar-refractivity contribution in [2.24, 2.45) is 5.73 Å². The summed E-state index contributed by atoms with van der Waals surface area (Å²) in [5, 5.41) is 4.09. The Labute approximate surface area is 91.2 Å². The second-order valence-electron chi connectivity index (χ2n) is 3.19. The smallest absolute Gasteiger partial charge is 0.0685 e. The fourth-order valence-corrected chi connectivity index (χ4v) is 2.97. The van der Waals surface area contributed by atoms with Crippen molar-refractivity contribution in [2.45, 2.75) is 19.4 Å². The Balaban J connectivity index is 2.74. The molecule has 0 radical (unpaired) electrons. The van der Waals surface area contributed by atoms with Crippen LogP contribution in [0.1, 0.15) is 19.4 Å². The van der Waals surface area contributed by atoms with Crippen LogP contribution in [0.2, 0.25) is 0 Å². The van der Waals surface area contributed by atoms with Crippen LogP contribution in [0.3, 0.4) is 0 Å². The standard InChI is InChI=1S/C9H14BrNOS/c1-3-12-6-9(2,11)7-4-13-5-8(7)10/h4-5H,3,6,11H2,1-2H3. The fraction of sp³-hybridized carbons (Fsp3) is 0.556. The average Bonchev–Trinajstić information content (AvgIpc) is 2.48. The highest BCUT2D eigenvalue weighted by Crippen LogP contribution is 2.29. The zero-order valence-electron chi connectivity index (χ0n) is 7.84. The van der Waals surface area contributed by atoms with Crippen LogP contribution in [-0.4, -0.2) is 13.2 Å². The van der Waals surface area contributed by atoms with E-state index in [0.29, 0.717) is 13.2 Å². The van der Waals surface area contributed by atoms with Crippen molar-refractivity contribution in [2.75, 3.05) is 13.2 Å². The maximum absolute atomic E-state index is 6.12. The molecular weight excluding hydrogens is 250 g/mol. The molecule has 0 spiro atoms. The summed E-state index contributed by atoms with van der Waals surface area (Å²) in [5.74, 6) is 0. The molecule has 4 heteroatoms. The summed E-state index contributed by atoms with van der Waals surface area (Å²) in [4.78, 5) is 0. The first-order valence-corrected chi connectivity index (χ1v) is 5.90. The molecule has 74 valence electrons. The first-order chi connectivity index (χ1) is 6.08. The quantitative estimate of drug-likeness (QED) is 0.907. The van der Waals surface area contributed by atoms with Crippen LogP contribution in [-0.2, 0) is 10.3 Å². The van der Waals surface area contributed by atoms with Gasteiger partial charge in [0.15, 0.2) is 0 Å². The lowest BCUT2D eigenvalue weighted by Crippen LogP contribution is -2.38. The lowest BCUT2D eigenvalue weighted by molar-refractivity contribution is 0.101. The average molecular weight is 264 g/mol. The molecule has 13 heavy (non-hydrogen) atoms. The van der Waals surface area contributed by atoms with E-state index in [2.05, 4.69) is 21.3 Å². The molecule has 1 unspecified atom stereocenters. The van der Waals surface area contributed by atoms with Crippen LogP contribution >= 0.6 is 27.3 Å². The molecule has 0 aliphatic carbocycles. The minimum Gasteiger partial charge on any atom is -0.379 e. The van der Waals surface area contributed by atoms with Gasteiger partial charge in [0.25, 0.3) is 0 Å². The third-order valence-electron chi connectivity index (χ3n) is 1.84. The number of rotatable bonds is 4. The number of ether oxygens (including phenoxy) is 1. The van der Waals surface area contributed by atoms with Crippen molar-refractivity contribution in [3.05, 3.63) is 20.8 Å². The zero-order valence-corrected chi connectivity index (χ0v) is 10.2. The Morgan fingerprint density at radius 1 is 1.62 bits per heavy atom. The monoisotopic (exact) mass is 263 g/mol. The molecule has 1 heterocycles. The highest BCUT2D eigenvalue weighted by molar-refractivity contribution is 9.10. The van der Waals surface area contributed by atoms with Crippen molar-refractivity contribution in [3.8, 4) is 0 Å². The molecular formula is C9H14BrNOS. The van der Waals surface area contributed by atoms with Crippen LogP contribution in [0.5, 0.6) is 0 Å². The predicted octanol–water partition coefficient (Wildman–Crippen LogP) is 2.72. The lowest BCUT2D eigenvalue weighted by atomic mass is 9.97. The van der Waals surface area contributed by atoms with Gasteiger partial charge in [-0.3, -0.25) is 0 Å². The second-order valence-corrected chi connectivity index (χ2v) is 4.79. The molecule has 0 saturated heterocycles. The number of halogens is 1. The molecule has 2 nitrogen and oxygen atoms in total. The van der Waals surface area contributed by atoms with Gasteiger partial charge in [-0.25, -0.2) is 0 Å². The molecule has 0 fully saturated rings. The van der Waals surface area contributed by atoms with Gasteiger partial charge in [0.05, 0.1) is 12.1 Å². The highest BCUT2D eigenvalue weighted by atomic mass is 79.9.